The van der Waals surface area contributed by atoms with Gasteiger partial charge in [0.1, 0.15) is 6.54 Å². The maximum Gasteiger partial charge on any atom is 0.243 e. The normalized spacial score (nSPS) is 21.0. The van der Waals surface area contributed by atoms with Crippen LogP contribution in [-0.4, -0.2) is 61.9 Å². The highest BCUT2D eigenvalue weighted by Gasteiger charge is 2.39. The summed E-state index contributed by atoms with van der Waals surface area (Å²) >= 11 is 0. The van der Waals surface area contributed by atoms with Crippen molar-refractivity contribution in [2.24, 2.45) is 10.4 Å². The van der Waals surface area contributed by atoms with Gasteiger partial charge in [-0.25, -0.2) is 4.99 Å². The van der Waals surface area contributed by atoms with Gasteiger partial charge in [0, 0.05) is 33.7 Å². The Morgan fingerprint density at radius 1 is 1.32 bits per heavy atom. The maximum atomic E-state index is 11.8. The molecular formula is C17H30N4O. The van der Waals surface area contributed by atoms with E-state index in [0.717, 1.165) is 19.0 Å². The Morgan fingerprint density at radius 2 is 2.05 bits per heavy atom. The van der Waals surface area contributed by atoms with E-state index in [4.69, 9.17) is 0 Å². The van der Waals surface area contributed by atoms with E-state index in [9.17, 15) is 4.79 Å². The van der Waals surface area contributed by atoms with Gasteiger partial charge in [0.15, 0.2) is 5.96 Å². The van der Waals surface area contributed by atoms with Crippen molar-refractivity contribution < 1.29 is 4.79 Å². The molecule has 0 unspecified atom stereocenters. The highest BCUT2D eigenvalue weighted by molar-refractivity contribution is 5.85. The van der Waals surface area contributed by atoms with E-state index < -0.39 is 0 Å². The van der Waals surface area contributed by atoms with Crippen molar-refractivity contribution in [2.75, 3.05) is 40.3 Å². The number of amides is 1. The topological polar surface area (TPSA) is 47.9 Å². The fourth-order valence-corrected chi connectivity index (χ4v) is 3.54. The number of nitrogens with zero attached hydrogens (tertiary/aromatic N) is 3. The monoisotopic (exact) mass is 306 g/mol. The number of rotatable bonds is 4. The van der Waals surface area contributed by atoms with Gasteiger partial charge in [0.25, 0.3) is 0 Å². The van der Waals surface area contributed by atoms with E-state index in [2.05, 4.69) is 21.8 Å². The highest BCUT2D eigenvalue weighted by atomic mass is 16.2. The van der Waals surface area contributed by atoms with Crippen molar-refractivity contribution in [1.82, 2.24) is 15.1 Å². The highest BCUT2D eigenvalue weighted by Crippen LogP contribution is 2.43. The lowest BCUT2D eigenvalue weighted by Gasteiger charge is -2.33. The third kappa shape index (κ3) is 4.24. The summed E-state index contributed by atoms with van der Waals surface area (Å²) in [6.45, 7) is 6.75. The van der Waals surface area contributed by atoms with Gasteiger partial charge < -0.3 is 15.1 Å². The second-order valence-corrected chi connectivity index (χ2v) is 6.83. The zero-order valence-corrected chi connectivity index (χ0v) is 14.1. The molecule has 1 heterocycles. The van der Waals surface area contributed by atoms with E-state index in [1.165, 1.54) is 38.5 Å². The molecule has 0 atom stereocenters. The van der Waals surface area contributed by atoms with Gasteiger partial charge in [-0.05, 0) is 24.7 Å². The van der Waals surface area contributed by atoms with Crippen LogP contribution in [0.5, 0.6) is 0 Å². The van der Waals surface area contributed by atoms with Crippen LogP contribution in [0.4, 0.5) is 0 Å². The van der Waals surface area contributed by atoms with Crippen LogP contribution in [0.2, 0.25) is 0 Å². The van der Waals surface area contributed by atoms with Crippen LogP contribution in [0.1, 0.15) is 38.5 Å². The summed E-state index contributed by atoms with van der Waals surface area (Å²) in [5.41, 5.74) is 0.487. The Labute approximate surface area is 134 Å². The lowest BCUT2D eigenvalue weighted by atomic mass is 9.73. The Hall–Kier alpha value is -1.52. The first-order valence-corrected chi connectivity index (χ1v) is 8.41. The zero-order valence-electron chi connectivity index (χ0n) is 14.1. The predicted molar refractivity (Wildman–Crippen MR) is 90.9 cm³/mol. The molecule has 1 amide bonds. The Bertz CT molecular complexity index is 424. The maximum absolute atomic E-state index is 11.8. The van der Waals surface area contributed by atoms with Crippen LogP contribution in [0.3, 0.4) is 0 Å². The molecule has 1 saturated heterocycles. The Morgan fingerprint density at radius 3 is 2.68 bits per heavy atom. The van der Waals surface area contributed by atoms with Gasteiger partial charge in [0.05, 0.1) is 0 Å². The number of likely N-dealkylation sites (N-methyl/N-ethyl adjacent to an activating group) is 1. The lowest BCUT2D eigenvalue weighted by Crippen LogP contribution is -2.42. The van der Waals surface area contributed by atoms with Crippen molar-refractivity contribution in [3.05, 3.63) is 12.7 Å². The molecule has 1 aliphatic carbocycles. The lowest BCUT2D eigenvalue weighted by molar-refractivity contribution is -0.127. The summed E-state index contributed by atoms with van der Waals surface area (Å²) in [6, 6.07) is 0. The van der Waals surface area contributed by atoms with Crippen molar-refractivity contribution in [3.63, 3.8) is 0 Å². The van der Waals surface area contributed by atoms with E-state index in [1.54, 1.807) is 19.0 Å². The fourth-order valence-electron chi connectivity index (χ4n) is 3.54. The quantitative estimate of drug-likeness (QED) is 0.490. The second-order valence-electron chi connectivity index (χ2n) is 6.83. The minimum absolute atomic E-state index is 0.0319. The number of nitrogens with one attached hydrogen (secondary N) is 1. The molecule has 2 fully saturated rings. The standard InChI is InChI=1S/C17H30N4O/c1-4-11-18-16(19-13-15(22)20(2)3)21-12-10-17(14-21)8-6-5-7-9-17/h4H,1,5-14H2,2-3H3,(H,18,19). The molecule has 0 bridgehead atoms. The number of hydrogen-bond acceptors (Lipinski definition) is 2. The second kappa shape index (κ2) is 7.65. The van der Waals surface area contributed by atoms with Crippen LogP contribution in [0.15, 0.2) is 17.6 Å². The Balaban J connectivity index is 2.01. The van der Waals surface area contributed by atoms with Crippen LogP contribution in [0.25, 0.3) is 0 Å². The van der Waals surface area contributed by atoms with Gasteiger partial charge in [-0.1, -0.05) is 25.3 Å². The summed E-state index contributed by atoms with van der Waals surface area (Å²) in [5, 5.41) is 3.31. The number of likely N-dealkylation sites (tertiary alicyclic amines) is 1. The SMILES string of the molecule is C=CCNC(=NCC(=O)N(C)C)N1CCC2(CCCCC2)C1. The van der Waals surface area contributed by atoms with Crippen LogP contribution < -0.4 is 5.32 Å². The molecule has 1 saturated carbocycles. The summed E-state index contributed by atoms with van der Waals surface area (Å²) in [4.78, 5) is 20.2. The van der Waals surface area contributed by atoms with Gasteiger partial charge in [0.2, 0.25) is 5.91 Å². The number of hydrogen-bond donors (Lipinski definition) is 1. The van der Waals surface area contributed by atoms with E-state index >= 15 is 0 Å². The van der Waals surface area contributed by atoms with Crippen molar-refractivity contribution in [3.8, 4) is 0 Å². The van der Waals surface area contributed by atoms with E-state index in [1.807, 2.05) is 6.08 Å². The van der Waals surface area contributed by atoms with Crippen LogP contribution in [0, 0.1) is 5.41 Å². The van der Waals surface area contributed by atoms with Gasteiger partial charge in [-0.15, -0.1) is 6.58 Å². The fraction of sp³-hybridized carbons (Fsp3) is 0.765. The van der Waals surface area contributed by atoms with Gasteiger partial charge >= 0.3 is 0 Å². The summed E-state index contributed by atoms with van der Waals surface area (Å²) in [6.07, 6.45) is 9.87. The molecule has 0 radical (unpaired) electrons. The van der Waals surface area contributed by atoms with Gasteiger partial charge in [-0.2, -0.15) is 0 Å². The molecule has 0 aromatic rings. The summed E-state index contributed by atoms with van der Waals surface area (Å²) in [5.74, 6) is 0.891. The average molecular weight is 306 g/mol. The smallest absolute Gasteiger partial charge is 0.243 e. The first-order valence-electron chi connectivity index (χ1n) is 8.41. The largest absolute Gasteiger partial charge is 0.353 e. The molecule has 22 heavy (non-hydrogen) atoms. The average Bonchev–Trinajstić information content (AvgIpc) is 2.91. The molecule has 1 N–H and O–H groups in total. The molecule has 2 rings (SSSR count). The zero-order chi connectivity index (χ0) is 16.0. The molecular weight excluding hydrogens is 276 g/mol. The van der Waals surface area contributed by atoms with Crippen molar-refractivity contribution in [2.45, 2.75) is 38.5 Å². The number of aliphatic imine (C=N–C) groups is 1. The molecule has 1 aliphatic heterocycles. The first-order chi connectivity index (χ1) is 10.6. The summed E-state index contributed by atoms with van der Waals surface area (Å²) < 4.78 is 0. The minimum atomic E-state index is 0.0319. The predicted octanol–water partition coefficient (Wildman–Crippen LogP) is 1.86. The molecule has 1 spiro atoms. The summed E-state index contributed by atoms with van der Waals surface area (Å²) in [7, 11) is 3.53. The van der Waals surface area contributed by atoms with E-state index in [0.29, 0.717) is 12.0 Å². The van der Waals surface area contributed by atoms with E-state index in [-0.39, 0.29) is 12.5 Å². The third-order valence-corrected chi connectivity index (χ3v) is 4.92. The van der Waals surface area contributed by atoms with Crippen LogP contribution >= 0.6 is 0 Å². The number of guanidine groups is 1. The van der Waals surface area contributed by atoms with Crippen molar-refractivity contribution in [1.29, 1.82) is 0 Å². The Kier molecular flexibility index (Phi) is 5.86. The van der Waals surface area contributed by atoms with Crippen LogP contribution in [-0.2, 0) is 4.79 Å². The van der Waals surface area contributed by atoms with Crippen molar-refractivity contribution >= 4 is 11.9 Å². The third-order valence-electron chi connectivity index (χ3n) is 4.92. The molecule has 5 nitrogen and oxygen atoms in total. The first kappa shape index (κ1) is 16.8. The minimum Gasteiger partial charge on any atom is -0.353 e. The molecule has 0 aromatic carbocycles. The molecule has 2 aliphatic rings. The number of carbonyl (C=O) groups is 1. The molecule has 124 valence electrons. The number of carbonyl (C=O) groups excluding carboxylic acids is 1. The molecule has 5 heteroatoms. The molecule has 0 aromatic heterocycles. The van der Waals surface area contributed by atoms with Gasteiger partial charge in [-0.3, -0.25) is 4.79 Å².